The minimum atomic E-state index is -0.0127. The van der Waals surface area contributed by atoms with Crippen molar-refractivity contribution in [3.8, 4) is 5.88 Å². The molecule has 2 heterocycles. The third kappa shape index (κ3) is 3.37. The number of hydrogen-bond acceptors (Lipinski definition) is 4. The smallest absolute Gasteiger partial charge is 0.253 e. The highest BCUT2D eigenvalue weighted by Gasteiger charge is 2.25. The van der Waals surface area contributed by atoms with Crippen molar-refractivity contribution in [1.82, 2.24) is 14.9 Å². The maximum atomic E-state index is 12.4. The first-order valence-electron chi connectivity index (χ1n) is 7.10. The molecule has 1 aromatic carbocycles. The molecule has 1 atom stereocenters. The van der Waals surface area contributed by atoms with E-state index in [2.05, 4.69) is 9.97 Å². The van der Waals surface area contributed by atoms with E-state index in [1.165, 1.54) is 6.33 Å². The minimum absolute atomic E-state index is 0.0127. The monoisotopic (exact) mass is 283 g/mol. The van der Waals surface area contributed by atoms with Crippen molar-refractivity contribution in [2.45, 2.75) is 18.9 Å². The van der Waals surface area contributed by atoms with Crippen molar-refractivity contribution >= 4 is 5.91 Å². The lowest BCUT2D eigenvalue weighted by Gasteiger charge is -2.32. The van der Waals surface area contributed by atoms with Gasteiger partial charge >= 0.3 is 0 Å². The highest BCUT2D eigenvalue weighted by Crippen LogP contribution is 2.18. The summed E-state index contributed by atoms with van der Waals surface area (Å²) in [6.45, 7) is 1.37. The molecule has 0 aliphatic carbocycles. The van der Waals surface area contributed by atoms with Crippen LogP contribution in [0.3, 0.4) is 0 Å². The summed E-state index contributed by atoms with van der Waals surface area (Å²) in [6, 6.07) is 11.1. The topological polar surface area (TPSA) is 55.3 Å². The van der Waals surface area contributed by atoms with Gasteiger partial charge in [-0.3, -0.25) is 4.79 Å². The van der Waals surface area contributed by atoms with Crippen molar-refractivity contribution in [2.24, 2.45) is 0 Å². The number of benzene rings is 1. The van der Waals surface area contributed by atoms with Gasteiger partial charge < -0.3 is 9.64 Å². The van der Waals surface area contributed by atoms with Crippen LogP contribution in [-0.2, 0) is 0 Å². The lowest BCUT2D eigenvalue weighted by atomic mass is 10.1. The Bertz CT molecular complexity index is 589. The predicted molar refractivity (Wildman–Crippen MR) is 78.0 cm³/mol. The molecular weight excluding hydrogens is 266 g/mol. The highest BCUT2D eigenvalue weighted by molar-refractivity contribution is 5.94. The maximum absolute atomic E-state index is 12.4. The number of rotatable bonds is 3. The number of carbonyl (C=O) groups is 1. The van der Waals surface area contributed by atoms with Gasteiger partial charge in [-0.25, -0.2) is 9.97 Å². The van der Waals surface area contributed by atoms with Crippen LogP contribution < -0.4 is 4.74 Å². The first kappa shape index (κ1) is 13.5. The molecule has 2 aromatic rings. The lowest BCUT2D eigenvalue weighted by molar-refractivity contribution is 0.0527. The van der Waals surface area contributed by atoms with Crippen LogP contribution in [0.4, 0.5) is 0 Å². The lowest BCUT2D eigenvalue weighted by Crippen LogP contribution is -2.44. The van der Waals surface area contributed by atoms with Crippen LogP contribution in [0.25, 0.3) is 0 Å². The van der Waals surface area contributed by atoms with E-state index in [-0.39, 0.29) is 12.0 Å². The second-order valence-corrected chi connectivity index (χ2v) is 5.05. The SMILES string of the molecule is O=C(c1ccccc1)N1CCC[C@@H](Oc2ccncn2)C1. The van der Waals surface area contributed by atoms with E-state index in [9.17, 15) is 4.79 Å². The molecule has 1 amide bonds. The minimum Gasteiger partial charge on any atom is -0.472 e. The molecule has 0 bridgehead atoms. The van der Waals surface area contributed by atoms with Gasteiger partial charge in [0.25, 0.3) is 5.91 Å². The normalized spacial score (nSPS) is 18.3. The molecular formula is C16H17N3O2. The molecule has 1 aromatic heterocycles. The van der Waals surface area contributed by atoms with E-state index < -0.39 is 0 Å². The fourth-order valence-corrected chi connectivity index (χ4v) is 2.50. The number of hydrogen-bond donors (Lipinski definition) is 0. The Balaban J connectivity index is 1.64. The van der Waals surface area contributed by atoms with Crippen molar-refractivity contribution in [1.29, 1.82) is 0 Å². The zero-order valence-electron chi connectivity index (χ0n) is 11.7. The Morgan fingerprint density at radius 2 is 2.10 bits per heavy atom. The molecule has 1 aliphatic heterocycles. The second-order valence-electron chi connectivity index (χ2n) is 5.05. The Labute approximate surface area is 123 Å². The number of nitrogens with zero attached hydrogens (tertiary/aromatic N) is 3. The van der Waals surface area contributed by atoms with E-state index in [0.717, 1.165) is 24.9 Å². The highest BCUT2D eigenvalue weighted by atomic mass is 16.5. The fourth-order valence-electron chi connectivity index (χ4n) is 2.50. The molecule has 1 fully saturated rings. The van der Waals surface area contributed by atoms with Crippen LogP contribution in [0.1, 0.15) is 23.2 Å². The molecule has 0 unspecified atom stereocenters. The van der Waals surface area contributed by atoms with Gasteiger partial charge in [0.15, 0.2) is 0 Å². The van der Waals surface area contributed by atoms with E-state index in [4.69, 9.17) is 4.74 Å². The number of ether oxygens (including phenoxy) is 1. The number of amides is 1. The summed E-state index contributed by atoms with van der Waals surface area (Å²) >= 11 is 0. The Morgan fingerprint density at radius 3 is 2.86 bits per heavy atom. The Kier molecular flexibility index (Phi) is 4.09. The molecule has 108 valence electrons. The van der Waals surface area contributed by atoms with Crippen molar-refractivity contribution in [2.75, 3.05) is 13.1 Å². The fraction of sp³-hybridized carbons (Fsp3) is 0.312. The average Bonchev–Trinajstić information content (AvgIpc) is 2.56. The van der Waals surface area contributed by atoms with Gasteiger partial charge in [0.1, 0.15) is 12.4 Å². The molecule has 3 rings (SSSR count). The summed E-state index contributed by atoms with van der Waals surface area (Å²) in [7, 11) is 0. The maximum Gasteiger partial charge on any atom is 0.253 e. The number of carbonyl (C=O) groups excluding carboxylic acids is 1. The Hall–Kier alpha value is -2.43. The van der Waals surface area contributed by atoms with E-state index >= 15 is 0 Å². The average molecular weight is 283 g/mol. The quantitative estimate of drug-likeness (QED) is 0.866. The second kappa shape index (κ2) is 6.35. The summed E-state index contributed by atoms with van der Waals surface area (Å²) in [6.07, 6.45) is 4.97. The van der Waals surface area contributed by atoms with Crippen LogP contribution in [0.2, 0.25) is 0 Å². The Morgan fingerprint density at radius 1 is 1.24 bits per heavy atom. The first-order chi connectivity index (χ1) is 10.3. The van der Waals surface area contributed by atoms with Gasteiger partial charge in [0.05, 0.1) is 6.54 Å². The predicted octanol–water partition coefficient (Wildman–Crippen LogP) is 2.16. The molecule has 0 spiro atoms. The van der Waals surface area contributed by atoms with Gasteiger partial charge in [-0.15, -0.1) is 0 Å². The third-order valence-corrected chi connectivity index (χ3v) is 3.53. The van der Waals surface area contributed by atoms with Crippen molar-refractivity contribution < 1.29 is 9.53 Å². The van der Waals surface area contributed by atoms with Gasteiger partial charge in [-0.1, -0.05) is 18.2 Å². The summed E-state index contributed by atoms with van der Waals surface area (Å²) in [5, 5.41) is 0. The van der Waals surface area contributed by atoms with Crippen molar-refractivity contribution in [3.05, 3.63) is 54.5 Å². The number of likely N-dealkylation sites (tertiary alicyclic amines) is 1. The van der Waals surface area contributed by atoms with Crippen LogP contribution in [0, 0.1) is 0 Å². The van der Waals surface area contributed by atoms with Gasteiger partial charge in [-0.05, 0) is 25.0 Å². The molecule has 1 aliphatic rings. The summed E-state index contributed by atoms with van der Waals surface area (Å²) in [5.74, 6) is 0.621. The summed E-state index contributed by atoms with van der Waals surface area (Å²) in [5.41, 5.74) is 0.722. The molecule has 21 heavy (non-hydrogen) atoms. The van der Waals surface area contributed by atoms with Crippen LogP contribution in [0.5, 0.6) is 5.88 Å². The van der Waals surface area contributed by atoms with E-state index in [1.807, 2.05) is 35.2 Å². The molecule has 0 radical (unpaired) electrons. The van der Waals surface area contributed by atoms with E-state index in [0.29, 0.717) is 12.4 Å². The zero-order valence-corrected chi connectivity index (χ0v) is 11.7. The number of piperidine rings is 1. The third-order valence-electron chi connectivity index (χ3n) is 3.53. The summed E-state index contributed by atoms with van der Waals surface area (Å²) < 4.78 is 5.83. The first-order valence-corrected chi connectivity index (χ1v) is 7.10. The van der Waals surface area contributed by atoms with Crippen LogP contribution in [-0.4, -0.2) is 40.0 Å². The molecule has 0 saturated carbocycles. The zero-order chi connectivity index (χ0) is 14.5. The molecule has 5 heteroatoms. The number of aromatic nitrogens is 2. The molecule has 1 saturated heterocycles. The van der Waals surface area contributed by atoms with Gasteiger partial charge in [-0.2, -0.15) is 0 Å². The van der Waals surface area contributed by atoms with Crippen LogP contribution in [0.15, 0.2) is 48.9 Å². The largest absolute Gasteiger partial charge is 0.472 e. The van der Waals surface area contributed by atoms with Gasteiger partial charge in [0.2, 0.25) is 5.88 Å². The molecule has 0 N–H and O–H groups in total. The van der Waals surface area contributed by atoms with Crippen LogP contribution >= 0.6 is 0 Å². The van der Waals surface area contributed by atoms with Crippen molar-refractivity contribution in [3.63, 3.8) is 0 Å². The van der Waals surface area contributed by atoms with Gasteiger partial charge in [0, 0.05) is 24.4 Å². The van der Waals surface area contributed by atoms with E-state index in [1.54, 1.807) is 12.3 Å². The molecule has 5 nitrogen and oxygen atoms in total. The summed E-state index contributed by atoms with van der Waals surface area (Å²) in [4.78, 5) is 22.2. The standard InChI is InChI=1S/C16H17N3O2/c20-16(13-5-2-1-3-6-13)19-10-4-7-14(11-19)21-15-8-9-17-12-18-15/h1-3,5-6,8-9,12,14H,4,7,10-11H2/t14-/m1/s1.